The van der Waals surface area contributed by atoms with E-state index in [1.54, 1.807) is 18.2 Å². The lowest BCUT2D eigenvalue weighted by Crippen LogP contribution is -2.36. The SMILES string of the molecule is O=C(NCC1CCCCC1O)c1ccc(Cl)cc1Cl. The Bertz CT molecular complexity index is 465. The largest absolute Gasteiger partial charge is 0.393 e. The normalized spacial score (nSPS) is 23.1. The van der Waals surface area contributed by atoms with E-state index in [1.807, 2.05) is 0 Å². The maximum absolute atomic E-state index is 12.0. The van der Waals surface area contributed by atoms with Gasteiger partial charge in [0.1, 0.15) is 0 Å². The van der Waals surface area contributed by atoms with Crippen LogP contribution in [0.3, 0.4) is 0 Å². The lowest BCUT2D eigenvalue weighted by molar-refractivity contribution is 0.0663. The van der Waals surface area contributed by atoms with Crippen molar-refractivity contribution >= 4 is 29.1 Å². The van der Waals surface area contributed by atoms with Crippen molar-refractivity contribution in [1.29, 1.82) is 0 Å². The zero-order chi connectivity index (χ0) is 13.8. The van der Waals surface area contributed by atoms with Crippen LogP contribution in [0, 0.1) is 5.92 Å². The Morgan fingerprint density at radius 1 is 1.32 bits per heavy atom. The van der Waals surface area contributed by atoms with Crippen molar-refractivity contribution in [1.82, 2.24) is 5.32 Å². The smallest absolute Gasteiger partial charge is 0.252 e. The minimum Gasteiger partial charge on any atom is -0.393 e. The fourth-order valence-corrected chi connectivity index (χ4v) is 2.91. The third-order valence-electron chi connectivity index (χ3n) is 3.57. The summed E-state index contributed by atoms with van der Waals surface area (Å²) in [6.45, 7) is 0.485. The summed E-state index contributed by atoms with van der Waals surface area (Å²) >= 11 is 11.8. The van der Waals surface area contributed by atoms with Gasteiger partial charge in [-0.05, 0) is 31.0 Å². The van der Waals surface area contributed by atoms with Crippen molar-refractivity contribution in [2.75, 3.05) is 6.54 Å². The predicted octanol–water partition coefficient (Wildman–Crippen LogP) is 3.27. The molecule has 2 unspecified atom stereocenters. The number of hydrogen-bond acceptors (Lipinski definition) is 2. The second-order valence-electron chi connectivity index (χ2n) is 4.95. The molecule has 0 heterocycles. The zero-order valence-corrected chi connectivity index (χ0v) is 12.0. The van der Waals surface area contributed by atoms with E-state index in [9.17, 15) is 9.90 Å². The number of rotatable bonds is 3. The number of benzene rings is 1. The van der Waals surface area contributed by atoms with E-state index in [-0.39, 0.29) is 17.9 Å². The molecule has 2 N–H and O–H groups in total. The first-order valence-electron chi connectivity index (χ1n) is 6.49. The molecule has 0 aromatic heterocycles. The summed E-state index contributed by atoms with van der Waals surface area (Å²) in [5, 5.41) is 13.5. The zero-order valence-electron chi connectivity index (χ0n) is 10.5. The topological polar surface area (TPSA) is 49.3 Å². The Kier molecular flexibility index (Phi) is 5.08. The Hall–Kier alpha value is -0.770. The van der Waals surface area contributed by atoms with Gasteiger partial charge < -0.3 is 10.4 Å². The van der Waals surface area contributed by atoms with E-state index in [0.29, 0.717) is 22.2 Å². The Balaban J connectivity index is 1.93. The van der Waals surface area contributed by atoms with E-state index in [2.05, 4.69) is 5.32 Å². The average molecular weight is 302 g/mol. The van der Waals surface area contributed by atoms with Crippen molar-refractivity contribution in [3.05, 3.63) is 33.8 Å². The minimum atomic E-state index is -0.310. The Labute approximate surface area is 122 Å². The summed E-state index contributed by atoms with van der Waals surface area (Å²) < 4.78 is 0. The molecule has 1 aromatic rings. The average Bonchev–Trinajstić information content (AvgIpc) is 2.37. The first kappa shape index (κ1) is 14.6. The molecule has 0 aliphatic heterocycles. The first-order valence-corrected chi connectivity index (χ1v) is 7.25. The summed E-state index contributed by atoms with van der Waals surface area (Å²) in [6.07, 6.45) is 3.64. The lowest BCUT2D eigenvalue weighted by Gasteiger charge is -2.27. The van der Waals surface area contributed by atoms with Gasteiger partial charge in [-0.15, -0.1) is 0 Å². The molecule has 5 heteroatoms. The summed E-state index contributed by atoms with van der Waals surface area (Å²) in [5.41, 5.74) is 0.413. The van der Waals surface area contributed by atoms with Crippen LogP contribution < -0.4 is 5.32 Å². The molecule has 3 nitrogen and oxygen atoms in total. The number of aliphatic hydroxyl groups is 1. The third-order valence-corrected chi connectivity index (χ3v) is 4.12. The van der Waals surface area contributed by atoms with Crippen LogP contribution in [0.25, 0.3) is 0 Å². The van der Waals surface area contributed by atoms with Gasteiger partial charge in [0.25, 0.3) is 5.91 Å². The van der Waals surface area contributed by atoms with Crippen LogP contribution in [-0.2, 0) is 0 Å². The van der Waals surface area contributed by atoms with Crippen molar-refractivity contribution in [2.24, 2.45) is 5.92 Å². The molecule has 1 fully saturated rings. The van der Waals surface area contributed by atoms with Gasteiger partial charge in [0.2, 0.25) is 0 Å². The maximum Gasteiger partial charge on any atom is 0.252 e. The quantitative estimate of drug-likeness (QED) is 0.900. The molecular formula is C14H17Cl2NO2. The van der Waals surface area contributed by atoms with Crippen LogP contribution in [0.2, 0.25) is 10.0 Å². The first-order chi connectivity index (χ1) is 9.08. The molecular weight excluding hydrogens is 285 g/mol. The molecule has 1 aliphatic carbocycles. The van der Waals surface area contributed by atoms with E-state index in [1.165, 1.54) is 0 Å². The second kappa shape index (κ2) is 6.60. The van der Waals surface area contributed by atoms with E-state index >= 15 is 0 Å². The van der Waals surface area contributed by atoms with Gasteiger partial charge in [0.15, 0.2) is 0 Å². The number of carbonyl (C=O) groups is 1. The monoisotopic (exact) mass is 301 g/mol. The van der Waals surface area contributed by atoms with Gasteiger partial charge in [-0.1, -0.05) is 36.0 Å². The van der Waals surface area contributed by atoms with Crippen molar-refractivity contribution in [2.45, 2.75) is 31.8 Å². The fraction of sp³-hybridized carbons (Fsp3) is 0.500. The van der Waals surface area contributed by atoms with Crippen LogP contribution >= 0.6 is 23.2 Å². The molecule has 0 bridgehead atoms. The lowest BCUT2D eigenvalue weighted by atomic mass is 9.86. The molecule has 0 spiro atoms. The Morgan fingerprint density at radius 3 is 2.74 bits per heavy atom. The number of hydrogen-bond donors (Lipinski definition) is 2. The molecule has 2 atom stereocenters. The highest BCUT2D eigenvalue weighted by Gasteiger charge is 2.23. The highest BCUT2D eigenvalue weighted by Crippen LogP contribution is 2.24. The molecule has 19 heavy (non-hydrogen) atoms. The van der Waals surface area contributed by atoms with Gasteiger partial charge in [0.05, 0.1) is 16.7 Å². The molecule has 1 aliphatic rings. The number of halogens is 2. The highest BCUT2D eigenvalue weighted by atomic mass is 35.5. The summed E-state index contributed by atoms with van der Waals surface area (Å²) in [6, 6.07) is 4.79. The molecule has 1 aromatic carbocycles. The third kappa shape index (κ3) is 3.85. The molecule has 0 saturated heterocycles. The van der Waals surface area contributed by atoms with Gasteiger partial charge >= 0.3 is 0 Å². The van der Waals surface area contributed by atoms with Crippen molar-refractivity contribution in [3.8, 4) is 0 Å². The predicted molar refractivity (Wildman–Crippen MR) is 76.8 cm³/mol. The standard InChI is InChI=1S/C14H17Cl2NO2/c15-10-5-6-11(12(16)7-10)14(19)17-8-9-3-1-2-4-13(9)18/h5-7,9,13,18H,1-4,8H2,(H,17,19). The van der Waals surface area contributed by atoms with Gasteiger partial charge in [-0.3, -0.25) is 4.79 Å². The van der Waals surface area contributed by atoms with E-state index in [4.69, 9.17) is 23.2 Å². The maximum atomic E-state index is 12.0. The van der Waals surface area contributed by atoms with Crippen LogP contribution in [-0.4, -0.2) is 23.7 Å². The van der Waals surface area contributed by atoms with Crippen LogP contribution in [0.1, 0.15) is 36.0 Å². The highest BCUT2D eigenvalue weighted by molar-refractivity contribution is 6.36. The van der Waals surface area contributed by atoms with Crippen LogP contribution in [0.15, 0.2) is 18.2 Å². The van der Waals surface area contributed by atoms with E-state index < -0.39 is 0 Å². The summed E-state index contributed by atoms with van der Waals surface area (Å²) in [5.74, 6) is -0.0804. The van der Waals surface area contributed by atoms with Crippen LogP contribution in [0.5, 0.6) is 0 Å². The van der Waals surface area contributed by atoms with Gasteiger partial charge in [-0.25, -0.2) is 0 Å². The number of nitrogens with one attached hydrogen (secondary N) is 1. The summed E-state index contributed by atoms with van der Waals surface area (Å²) in [4.78, 5) is 12.0. The van der Waals surface area contributed by atoms with Gasteiger partial charge in [-0.2, -0.15) is 0 Å². The number of aliphatic hydroxyl groups excluding tert-OH is 1. The molecule has 1 amide bonds. The number of amides is 1. The second-order valence-corrected chi connectivity index (χ2v) is 5.79. The molecule has 104 valence electrons. The summed E-state index contributed by atoms with van der Waals surface area (Å²) in [7, 11) is 0. The van der Waals surface area contributed by atoms with Crippen molar-refractivity contribution < 1.29 is 9.90 Å². The van der Waals surface area contributed by atoms with Gasteiger partial charge in [0, 0.05) is 17.5 Å². The number of carbonyl (C=O) groups excluding carboxylic acids is 1. The van der Waals surface area contributed by atoms with Crippen molar-refractivity contribution in [3.63, 3.8) is 0 Å². The minimum absolute atomic E-state index is 0.142. The van der Waals surface area contributed by atoms with Crippen LogP contribution in [0.4, 0.5) is 0 Å². The Morgan fingerprint density at radius 2 is 2.05 bits per heavy atom. The van der Waals surface area contributed by atoms with E-state index in [0.717, 1.165) is 25.7 Å². The fourth-order valence-electron chi connectivity index (χ4n) is 2.42. The molecule has 1 saturated carbocycles. The molecule has 0 radical (unpaired) electrons. The molecule has 2 rings (SSSR count).